The van der Waals surface area contributed by atoms with E-state index >= 15 is 0 Å². The van der Waals surface area contributed by atoms with Gasteiger partial charge in [-0.3, -0.25) is 9.59 Å². The number of hydrogen-bond donors (Lipinski definition) is 1. The van der Waals surface area contributed by atoms with Crippen molar-refractivity contribution in [3.05, 3.63) is 32.6 Å². The van der Waals surface area contributed by atoms with Crippen molar-refractivity contribution in [2.45, 2.75) is 12.8 Å². The molecule has 0 radical (unpaired) electrons. The second-order valence-electron chi connectivity index (χ2n) is 6.40. The molecule has 0 unspecified atom stereocenters. The summed E-state index contributed by atoms with van der Waals surface area (Å²) in [5.74, 6) is 4.11. The zero-order chi connectivity index (χ0) is 14.4. The highest BCUT2D eigenvalue weighted by atomic mass is 32.2. The Morgan fingerprint density at radius 2 is 1.95 bits per heavy atom. The molecule has 3 aliphatic rings. The molecular weight excluding hydrogens is 284 g/mol. The Morgan fingerprint density at radius 3 is 2.62 bits per heavy atom. The number of nitrogens with zero attached hydrogens (tertiary/aromatic N) is 1. The fraction of sp³-hybridized carbons (Fsp3) is 0.625. The first-order valence-corrected chi connectivity index (χ1v) is 8.97. The average molecular weight is 304 g/mol. The molecule has 4 nitrogen and oxygen atoms in total. The highest BCUT2D eigenvalue weighted by Crippen LogP contribution is 2.43. The van der Waals surface area contributed by atoms with E-state index in [0.717, 1.165) is 37.1 Å². The van der Waals surface area contributed by atoms with E-state index in [0.29, 0.717) is 23.2 Å². The molecule has 5 heteroatoms. The van der Waals surface area contributed by atoms with Crippen LogP contribution < -0.4 is 21.1 Å². The lowest BCUT2D eigenvalue weighted by atomic mass is 9.93. The molecule has 1 aromatic rings. The van der Waals surface area contributed by atoms with E-state index in [2.05, 4.69) is 22.4 Å². The second kappa shape index (κ2) is 5.20. The van der Waals surface area contributed by atoms with Crippen LogP contribution in [-0.2, 0) is 0 Å². The number of allylic oxidation sites excluding steroid dienone is 2. The summed E-state index contributed by atoms with van der Waals surface area (Å²) in [6.07, 6.45) is 7.15. The number of nitrogens with one attached hydrogen (secondary N) is 1. The van der Waals surface area contributed by atoms with Gasteiger partial charge in [-0.25, -0.2) is 0 Å². The minimum absolute atomic E-state index is 0.294. The summed E-state index contributed by atoms with van der Waals surface area (Å²) in [7, 11) is 0. The smallest absolute Gasteiger partial charge is 0.253 e. The van der Waals surface area contributed by atoms with Gasteiger partial charge in [0.25, 0.3) is 10.9 Å². The van der Waals surface area contributed by atoms with Crippen molar-refractivity contribution in [3.63, 3.8) is 0 Å². The maximum atomic E-state index is 11.9. The molecule has 0 spiro atoms. The van der Waals surface area contributed by atoms with Crippen LogP contribution in [0.15, 0.2) is 21.7 Å². The molecule has 2 fully saturated rings. The largest absolute Gasteiger partial charge is 0.380 e. The van der Waals surface area contributed by atoms with E-state index in [1.165, 1.54) is 12.8 Å². The molecule has 1 aliphatic heterocycles. The lowest BCUT2D eigenvalue weighted by Gasteiger charge is -2.31. The lowest BCUT2D eigenvalue weighted by molar-refractivity contribution is 0.471. The fourth-order valence-corrected chi connectivity index (χ4v) is 4.90. The SMILES string of the molecule is O=c1c(NC[C@H]2C[C@@H]3C=C[C@H]2C3)c(N2CCSCC2)c1=O. The van der Waals surface area contributed by atoms with Crippen LogP contribution in [0.5, 0.6) is 0 Å². The van der Waals surface area contributed by atoms with Crippen molar-refractivity contribution in [2.24, 2.45) is 17.8 Å². The van der Waals surface area contributed by atoms with Crippen LogP contribution in [0.4, 0.5) is 11.4 Å². The van der Waals surface area contributed by atoms with Crippen LogP contribution in [0.25, 0.3) is 0 Å². The third kappa shape index (κ3) is 2.22. The summed E-state index contributed by atoms with van der Waals surface area (Å²) >= 11 is 1.91. The predicted octanol–water partition coefficient (Wildman–Crippen LogP) is 1.46. The number of thioether (sulfide) groups is 1. The number of rotatable bonds is 4. The van der Waals surface area contributed by atoms with Crippen LogP contribution in [0.3, 0.4) is 0 Å². The van der Waals surface area contributed by atoms with Gasteiger partial charge in [0.1, 0.15) is 11.4 Å². The summed E-state index contributed by atoms with van der Waals surface area (Å²) in [4.78, 5) is 25.8. The number of hydrogen-bond acceptors (Lipinski definition) is 5. The van der Waals surface area contributed by atoms with E-state index < -0.39 is 0 Å². The van der Waals surface area contributed by atoms with E-state index in [4.69, 9.17) is 0 Å². The van der Waals surface area contributed by atoms with Crippen molar-refractivity contribution in [3.8, 4) is 0 Å². The maximum Gasteiger partial charge on any atom is 0.253 e. The Bertz CT molecular complexity index is 641. The molecule has 112 valence electrons. The van der Waals surface area contributed by atoms with Crippen molar-refractivity contribution in [1.82, 2.24) is 0 Å². The summed E-state index contributed by atoms with van der Waals surface area (Å²) in [5, 5.41) is 3.30. The molecule has 2 bridgehead atoms. The van der Waals surface area contributed by atoms with Gasteiger partial charge in [0.2, 0.25) is 0 Å². The fourth-order valence-electron chi connectivity index (χ4n) is 3.99. The Labute approximate surface area is 128 Å². The van der Waals surface area contributed by atoms with Gasteiger partial charge >= 0.3 is 0 Å². The summed E-state index contributed by atoms with van der Waals surface area (Å²) in [5.41, 5.74) is 0.622. The molecule has 1 saturated heterocycles. The molecule has 0 amide bonds. The quantitative estimate of drug-likeness (QED) is 0.674. The van der Waals surface area contributed by atoms with Gasteiger partial charge in [0, 0.05) is 31.1 Å². The monoisotopic (exact) mass is 304 g/mol. The third-order valence-electron chi connectivity index (χ3n) is 5.17. The van der Waals surface area contributed by atoms with Crippen LogP contribution in [-0.4, -0.2) is 31.1 Å². The molecule has 1 heterocycles. The zero-order valence-electron chi connectivity index (χ0n) is 12.0. The van der Waals surface area contributed by atoms with Crippen molar-refractivity contribution in [1.29, 1.82) is 0 Å². The van der Waals surface area contributed by atoms with E-state index in [-0.39, 0.29) is 10.9 Å². The third-order valence-corrected chi connectivity index (χ3v) is 6.11. The topological polar surface area (TPSA) is 49.4 Å². The molecule has 4 rings (SSSR count). The van der Waals surface area contributed by atoms with Gasteiger partial charge in [-0.1, -0.05) is 12.2 Å². The highest BCUT2D eigenvalue weighted by molar-refractivity contribution is 7.99. The summed E-state index contributed by atoms with van der Waals surface area (Å²) in [6.45, 7) is 2.58. The van der Waals surface area contributed by atoms with Crippen LogP contribution >= 0.6 is 11.8 Å². The molecule has 3 atom stereocenters. The van der Waals surface area contributed by atoms with Crippen LogP contribution in [0.1, 0.15) is 12.8 Å². The van der Waals surface area contributed by atoms with E-state index in [1.807, 2.05) is 11.8 Å². The molecular formula is C16H20N2O2S. The van der Waals surface area contributed by atoms with Gasteiger partial charge in [0.05, 0.1) is 0 Å². The second-order valence-corrected chi connectivity index (χ2v) is 7.63. The highest BCUT2D eigenvalue weighted by Gasteiger charge is 2.36. The van der Waals surface area contributed by atoms with E-state index in [9.17, 15) is 9.59 Å². The number of fused-ring (bicyclic) bond motifs is 2. The van der Waals surface area contributed by atoms with Gasteiger partial charge in [0.15, 0.2) is 0 Å². The Morgan fingerprint density at radius 1 is 1.14 bits per heavy atom. The summed E-state index contributed by atoms with van der Waals surface area (Å²) in [6, 6.07) is 0. The van der Waals surface area contributed by atoms with Crippen molar-refractivity contribution in [2.75, 3.05) is 41.4 Å². The van der Waals surface area contributed by atoms with Crippen molar-refractivity contribution < 1.29 is 0 Å². The van der Waals surface area contributed by atoms with Gasteiger partial charge in [-0.05, 0) is 30.6 Å². The Kier molecular flexibility index (Phi) is 3.32. The van der Waals surface area contributed by atoms with Gasteiger partial charge in [-0.15, -0.1) is 0 Å². The summed E-state index contributed by atoms with van der Waals surface area (Å²) < 4.78 is 0. The average Bonchev–Trinajstić information content (AvgIpc) is 3.14. The predicted molar refractivity (Wildman–Crippen MR) is 88.2 cm³/mol. The van der Waals surface area contributed by atoms with Crippen LogP contribution in [0.2, 0.25) is 0 Å². The first-order valence-electron chi connectivity index (χ1n) is 7.82. The molecule has 1 N–H and O–H groups in total. The lowest BCUT2D eigenvalue weighted by Crippen LogP contribution is -2.46. The number of anilines is 2. The first kappa shape index (κ1) is 13.4. The van der Waals surface area contributed by atoms with Crippen LogP contribution in [0, 0.1) is 17.8 Å². The zero-order valence-corrected chi connectivity index (χ0v) is 12.8. The van der Waals surface area contributed by atoms with E-state index in [1.54, 1.807) is 0 Å². The molecule has 2 aliphatic carbocycles. The normalized spacial score (nSPS) is 31.2. The standard InChI is InChI=1S/C16H20N2O2S/c19-15-13(14(16(15)20)18-3-5-21-6-4-18)17-9-12-8-10-1-2-11(12)7-10/h1-2,10-12,17H,3-9H2/t10-,11+,12-/m1/s1. The minimum atomic E-state index is -0.318. The Hall–Kier alpha value is -1.23. The minimum Gasteiger partial charge on any atom is -0.380 e. The first-order chi connectivity index (χ1) is 10.2. The van der Waals surface area contributed by atoms with Crippen molar-refractivity contribution >= 4 is 23.1 Å². The van der Waals surface area contributed by atoms with Gasteiger partial charge < -0.3 is 10.2 Å². The molecule has 21 heavy (non-hydrogen) atoms. The molecule has 1 aromatic carbocycles. The maximum absolute atomic E-state index is 11.9. The molecule has 1 saturated carbocycles. The molecule has 0 aromatic heterocycles. The van der Waals surface area contributed by atoms with Gasteiger partial charge in [-0.2, -0.15) is 11.8 Å². The Balaban J connectivity index is 1.45.